The fraction of sp³-hybridized carbons (Fsp3) is 0.278. The van der Waals surface area contributed by atoms with E-state index in [0.717, 1.165) is 21.9 Å². The van der Waals surface area contributed by atoms with Crippen molar-refractivity contribution in [3.63, 3.8) is 0 Å². The second kappa shape index (κ2) is 9.08. The molecule has 0 bridgehead atoms. The van der Waals surface area contributed by atoms with Crippen LogP contribution >= 0.6 is 0 Å². The molecule has 118 valence electrons. The van der Waals surface area contributed by atoms with Gasteiger partial charge in [-0.2, -0.15) is 0 Å². The summed E-state index contributed by atoms with van der Waals surface area (Å²) in [6.07, 6.45) is -0.0453. The van der Waals surface area contributed by atoms with E-state index in [4.69, 9.17) is 4.74 Å². The number of benzene rings is 2. The van der Waals surface area contributed by atoms with Gasteiger partial charge >= 0.3 is 29.6 Å². The molecule has 0 fully saturated rings. The Morgan fingerprint density at radius 2 is 1.57 bits per heavy atom. The number of amides is 1. The quantitative estimate of drug-likeness (QED) is 0.521. The first-order chi connectivity index (χ1) is 10.5. The van der Waals surface area contributed by atoms with Gasteiger partial charge in [0.1, 0.15) is 11.9 Å². The van der Waals surface area contributed by atoms with Crippen LogP contribution in [0.3, 0.4) is 0 Å². The molecule has 2 rings (SSSR count). The van der Waals surface area contributed by atoms with Gasteiger partial charge in [-0.05, 0) is 37.1 Å². The van der Waals surface area contributed by atoms with Crippen LogP contribution in [-0.4, -0.2) is 45.7 Å². The van der Waals surface area contributed by atoms with E-state index in [-0.39, 0.29) is 41.6 Å². The predicted octanol–water partition coefficient (Wildman–Crippen LogP) is 3.48. The molecular weight excluding hydrogens is 301 g/mol. The molecular formula is C18H22NNaO3. The van der Waals surface area contributed by atoms with E-state index in [9.17, 15) is 10.0 Å². The Kier molecular flexibility index (Phi) is 7.79. The van der Waals surface area contributed by atoms with Crippen LogP contribution in [0.25, 0.3) is 0 Å². The molecule has 2 aromatic rings. The van der Waals surface area contributed by atoms with Crippen LogP contribution in [0.15, 0.2) is 54.6 Å². The number of hydrogen-bond donors (Lipinski definition) is 1. The third kappa shape index (κ3) is 5.36. The van der Waals surface area contributed by atoms with E-state index in [2.05, 4.69) is 0 Å². The summed E-state index contributed by atoms with van der Waals surface area (Å²) in [5, 5.41) is 10.4. The molecule has 1 amide bonds. The zero-order chi connectivity index (χ0) is 16.1. The fourth-order valence-electron chi connectivity index (χ4n) is 2.24. The summed E-state index contributed by atoms with van der Waals surface area (Å²) in [5.74, 6) is 0.366. The Morgan fingerprint density at radius 3 is 2.09 bits per heavy atom. The SMILES string of the molecule is CC(=O)N(O)C(C)c1ccc(OC(C)c2ccccc2)cc1.[NaH]. The van der Waals surface area contributed by atoms with Crippen LogP contribution in [0, 0.1) is 0 Å². The maximum absolute atomic E-state index is 11.2. The van der Waals surface area contributed by atoms with E-state index in [1.807, 2.05) is 61.5 Å². The number of carbonyl (C=O) groups is 1. The van der Waals surface area contributed by atoms with Gasteiger partial charge in [-0.25, -0.2) is 5.06 Å². The van der Waals surface area contributed by atoms with Crippen LogP contribution in [-0.2, 0) is 4.79 Å². The van der Waals surface area contributed by atoms with Crippen molar-refractivity contribution in [2.75, 3.05) is 0 Å². The van der Waals surface area contributed by atoms with Gasteiger partial charge in [-0.3, -0.25) is 10.0 Å². The van der Waals surface area contributed by atoms with Crippen LogP contribution in [0.5, 0.6) is 5.75 Å². The van der Waals surface area contributed by atoms with Gasteiger partial charge in [0, 0.05) is 6.92 Å². The molecule has 2 aromatic carbocycles. The second-order valence-electron chi connectivity index (χ2n) is 5.28. The molecule has 0 heterocycles. The average molecular weight is 323 g/mol. The van der Waals surface area contributed by atoms with Crippen molar-refractivity contribution in [1.82, 2.24) is 5.06 Å². The Balaban J connectivity index is 0.00000264. The monoisotopic (exact) mass is 323 g/mol. The summed E-state index contributed by atoms with van der Waals surface area (Å²) in [7, 11) is 0. The van der Waals surface area contributed by atoms with Gasteiger partial charge in [0.05, 0.1) is 6.04 Å². The number of rotatable bonds is 5. The van der Waals surface area contributed by atoms with Gasteiger partial charge in [0.25, 0.3) is 0 Å². The van der Waals surface area contributed by atoms with Gasteiger partial charge in [-0.15, -0.1) is 0 Å². The Bertz CT molecular complexity index is 616. The van der Waals surface area contributed by atoms with Crippen molar-refractivity contribution >= 4 is 35.5 Å². The molecule has 2 atom stereocenters. The van der Waals surface area contributed by atoms with Crippen molar-refractivity contribution < 1.29 is 14.7 Å². The Labute approximate surface area is 159 Å². The summed E-state index contributed by atoms with van der Waals surface area (Å²) in [6.45, 7) is 5.09. The third-order valence-electron chi connectivity index (χ3n) is 3.63. The van der Waals surface area contributed by atoms with Crippen LogP contribution < -0.4 is 4.74 Å². The van der Waals surface area contributed by atoms with Crippen molar-refractivity contribution in [2.45, 2.75) is 32.9 Å². The van der Waals surface area contributed by atoms with Crippen LogP contribution in [0.1, 0.15) is 44.0 Å². The van der Waals surface area contributed by atoms with E-state index >= 15 is 0 Å². The minimum atomic E-state index is -0.391. The second-order valence-corrected chi connectivity index (χ2v) is 5.28. The molecule has 1 N–H and O–H groups in total. The van der Waals surface area contributed by atoms with Crippen LogP contribution in [0.2, 0.25) is 0 Å². The zero-order valence-electron chi connectivity index (χ0n) is 13.1. The molecule has 23 heavy (non-hydrogen) atoms. The molecule has 0 saturated heterocycles. The topological polar surface area (TPSA) is 49.8 Å². The first-order valence-corrected chi connectivity index (χ1v) is 7.29. The molecule has 2 unspecified atom stereocenters. The normalized spacial score (nSPS) is 12.7. The van der Waals surface area contributed by atoms with Gasteiger partial charge in [0.2, 0.25) is 5.91 Å². The van der Waals surface area contributed by atoms with E-state index in [1.54, 1.807) is 6.92 Å². The van der Waals surface area contributed by atoms with E-state index in [0.29, 0.717) is 0 Å². The van der Waals surface area contributed by atoms with Crippen molar-refractivity contribution in [3.8, 4) is 5.75 Å². The zero-order valence-corrected chi connectivity index (χ0v) is 13.1. The number of nitrogens with zero attached hydrogens (tertiary/aromatic N) is 1. The molecule has 4 nitrogen and oxygen atoms in total. The molecule has 0 radical (unpaired) electrons. The first-order valence-electron chi connectivity index (χ1n) is 7.29. The van der Waals surface area contributed by atoms with E-state index in [1.165, 1.54) is 6.92 Å². The molecule has 0 spiro atoms. The van der Waals surface area contributed by atoms with Crippen LogP contribution in [0.4, 0.5) is 0 Å². The van der Waals surface area contributed by atoms with Crippen molar-refractivity contribution in [1.29, 1.82) is 0 Å². The predicted molar refractivity (Wildman–Crippen MR) is 91.8 cm³/mol. The molecule has 0 aliphatic heterocycles. The third-order valence-corrected chi connectivity index (χ3v) is 3.63. The van der Waals surface area contributed by atoms with Gasteiger partial charge in [-0.1, -0.05) is 42.5 Å². The first kappa shape index (κ1) is 19.7. The average Bonchev–Trinajstić information content (AvgIpc) is 2.55. The Morgan fingerprint density at radius 1 is 1.00 bits per heavy atom. The fourth-order valence-corrected chi connectivity index (χ4v) is 2.24. The van der Waals surface area contributed by atoms with Crippen molar-refractivity contribution in [3.05, 3.63) is 65.7 Å². The number of carbonyl (C=O) groups excluding carboxylic acids is 1. The minimum absolute atomic E-state index is 0. The molecule has 0 saturated carbocycles. The Hall–Kier alpha value is -1.33. The van der Waals surface area contributed by atoms with E-state index < -0.39 is 6.04 Å². The summed E-state index contributed by atoms with van der Waals surface area (Å²) < 4.78 is 5.90. The summed E-state index contributed by atoms with van der Waals surface area (Å²) in [5.41, 5.74) is 1.95. The van der Waals surface area contributed by atoms with Gasteiger partial charge in [0.15, 0.2) is 0 Å². The molecule has 0 aliphatic rings. The molecule has 0 aliphatic carbocycles. The number of hydrogen-bond acceptors (Lipinski definition) is 3. The summed E-state index contributed by atoms with van der Waals surface area (Å²) in [4.78, 5) is 11.2. The standard InChI is InChI=1S/C18H21NO3.Na.H/c1-13(19(21)15(3)20)16-9-11-18(12-10-16)22-14(2)17-7-5-4-6-8-17;;/h4-14,21H,1-3H3;;. The molecule has 0 aromatic heterocycles. The summed E-state index contributed by atoms with van der Waals surface area (Å²) in [6, 6.07) is 17.0. The van der Waals surface area contributed by atoms with Gasteiger partial charge < -0.3 is 4.74 Å². The molecule has 5 heteroatoms. The van der Waals surface area contributed by atoms with Crippen molar-refractivity contribution in [2.24, 2.45) is 0 Å². The summed E-state index contributed by atoms with van der Waals surface area (Å²) >= 11 is 0. The maximum atomic E-state index is 11.2. The number of hydroxylamine groups is 2. The number of ether oxygens (including phenoxy) is 1.